The molecule has 2 rings (SSSR count). The maximum absolute atomic E-state index is 12.0. The van der Waals surface area contributed by atoms with Crippen LogP contribution in [0.1, 0.15) is 23.2 Å². The van der Waals surface area contributed by atoms with Crippen LogP contribution in [-0.2, 0) is 9.53 Å². The van der Waals surface area contributed by atoms with Gasteiger partial charge >= 0.3 is 5.97 Å². The molecule has 1 aliphatic rings. The zero-order chi connectivity index (χ0) is 16.1. The van der Waals surface area contributed by atoms with Gasteiger partial charge in [-0.2, -0.15) is 0 Å². The van der Waals surface area contributed by atoms with E-state index in [1.807, 2.05) is 0 Å². The van der Waals surface area contributed by atoms with Gasteiger partial charge in [-0.3, -0.25) is 4.79 Å². The maximum Gasteiger partial charge on any atom is 0.338 e. The van der Waals surface area contributed by atoms with Crippen LogP contribution in [0.2, 0.25) is 0 Å². The number of hydrogen-bond donors (Lipinski definition) is 1. The van der Waals surface area contributed by atoms with E-state index in [0.29, 0.717) is 17.2 Å². The number of esters is 1. The maximum atomic E-state index is 12.0. The Bertz CT molecular complexity index is 542. The van der Waals surface area contributed by atoms with Crippen molar-refractivity contribution in [1.29, 1.82) is 0 Å². The molecule has 0 aliphatic heterocycles. The number of amides is 1. The Hall–Kier alpha value is -2.44. The lowest BCUT2D eigenvalue weighted by Gasteiger charge is -2.13. The molecule has 1 N–H and O–H groups in total. The first kappa shape index (κ1) is 15.9. The molecule has 0 radical (unpaired) electrons. The molecule has 0 aromatic heterocycles. The monoisotopic (exact) mass is 309 g/mol. The predicted octanol–water partition coefficient (Wildman–Crippen LogP) is 1.15. The van der Waals surface area contributed by atoms with Gasteiger partial charge in [0.15, 0.2) is 18.1 Å². The molecular weight excluding hydrogens is 290 g/mol. The van der Waals surface area contributed by atoms with Gasteiger partial charge in [-0.15, -0.1) is 0 Å². The molecule has 1 aliphatic carbocycles. The first-order valence-electron chi connectivity index (χ1n) is 6.85. The van der Waals surface area contributed by atoms with E-state index in [2.05, 4.69) is 5.32 Å². The van der Waals surface area contributed by atoms with E-state index < -0.39 is 5.97 Å². The summed E-state index contributed by atoms with van der Waals surface area (Å²) in [6.45, 7) is -0.313. The number of ether oxygens (including phenoxy) is 4. The van der Waals surface area contributed by atoms with Crippen molar-refractivity contribution < 1.29 is 28.5 Å². The van der Waals surface area contributed by atoms with Crippen molar-refractivity contribution >= 4 is 11.9 Å². The zero-order valence-corrected chi connectivity index (χ0v) is 12.8. The summed E-state index contributed by atoms with van der Waals surface area (Å²) in [5.41, 5.74) is 0.216. The van der Waals surface area contributed by atoms with Crippen LogP contribution in [0.5, 0.6) is 17.2 Å². The first-order valence-corrected chi connectivity index (χ1v) is 6.85. The van der Waals surface area contributed by atoms with Crippen LogP contribution in [0.3, 0.4) is 0 Å². The highest BCUT2D eigenvalue weighted by Crippen LogP contribution is 2.38. The fraction of sp³-hybridized carbons (Fsp3) is 0.467. The summed E-state index contributed by atoms with van der Waals surface area (Å²) in [6, 6.07) is 3.18. The molecular formula is C15H19NO6. The van der Waals surface area contributed by atoms with Gasteiger partial charge in [-0.1, -0.05) is 0 Å². The highest BCUT2D eigenvalue weighted by Gasteiger charge is 2.24. The molecule has 0 spiro atoms. The normalized spacial score (nSPS) is 13.2. The smallest absolute Gasteiger partial charge is 0.338 e. The lowest BCUT2D eigenvalue weighted by atomic mass is 10.2. The molecule has 1 aromatic rings. The highest BCUT2D eigenvalue weighted by atomic mass is 16.5. The molecule has 7 heteroatoms. The summed E-state index contributed by atoms with van der Waals surface area (Å²) in [4.78, 5) is 23.6. The lowest BCUT2D eigenvalue weighted by Crippen LogP contribution is -2.30. The van der Waals surface area contributed by atoms with Gasteiger partial charge in [0.2, 0.25) is 5.75 Å². The Balaban J connectivity index is 2.06. The molecule has 0 saturated heterocycles. The van der Waals surface area contributed by atoms with E-state index in [4.69, 9.17) is 18.9 Å². The van der Waals surface area contributed by atoms with Crippen molar-refractivity contribution in [2.75, 3.05) is 27.9 Å². The molecule has 0 atom stereocenters. The topological polar surface area (TPSA) is 83.1 Å². The Morgan fingerprint density at radius 1 is 1.09 bits per heavy atom. The number of benzene rings is 1. The molecule has 22 heavy (non-hydrogen) atoms. The summed E-state index contributed by atoms with van der Waals surface area (Å²) in [5.74, 6) is 0.133. The minimum absolute atomic E-state index is 0.216. The van der Waals surface area contributed by atoms with Gasteiger partial charge in [-0.25, -0.2) is 4.79 Å². The van der Waals surface area contributed by atoms with Crippen LogP contribution in [0.25, 0.3) is 0 Å². The predicted molar refractivity (Wildman–Crippen MR) is 77.5 cm³/mol. The Morgan fingerprint density at radius 2 is 1.68 bits per heavy atom. The Kier molecular flexibility index (Phi) is 5.08. The number of carbonyl (C=O) groups excluding carboxylic acids is 2. The molecule has 1 fully saturated rings. The molecule has 7 nitrogen and oxygen atoms in total. The van der Waals surface area contributed by atoms with Gasteiger partial charge in [0.1, 0.15) is 0 Å². The minimum Gasteiger partial charge on any atom is -0.493 e. The van der Waals surface area contributed by atoms with Crippen molar-refractivity contribution in [2.24, 2.45) is 0 Å². The van der Waals surface area contributed by atoms with Gasteiger partial charge < -0.3 is 24.3 Å². The van der Waals surface area contributed by atoms with Gasteiger partial charge in [0, 0.05) is 6.04 Å². The fourth-order valence-corrected chi connectivity index (χ4v) is 1.91. The Labute approximate surface area is 128 Å². The van der Waals surface area contributed by atoms with Crippen LogP contribution in [0.15, 0.2) is 12.1 Å². The molecule has 0 unspecified atom stereocenters. The quantitative estimate of drug-likeness (QED) is 0.761. The molecule has 0 bridgehead atoms. The van der Waals surface area contributed by atoms with E-state index in [1.54, 1.807) is 0 Å². The number of carbonyl (C=O) groups is 2. The minimum atomic E-state index is -0.634. The summed E-state index contributed by atoms with van der Waals surface area (Å²) >= 11 is 0. The van der Waals surface area contributed by atoms with Gasteiger partial charge in [0.05, 0.1) is 26.9 Å². The largest absolute Gasteiger partial charge is 0.493 e. The third-order valence-corrected chi connectivity index (χ3v) is 3.18. The lowest BCUT2D eigenvalue weighted by molar-refractivity contribution is -0.124. The van der Waals surface area contributed by atoms with Crippen LogP contribution in [0, 0.1) is 0 Å². The molecule has 1 amide bonds. The molecule has 1 saturated carbocycles. The highest BCUT2D eigenvalue weighted by molar-refractivity contribution is 5.92. The second-order valence-corrected chi connectivity index (χ2v) is 4.83. The van der Waals surface area contributed by atoms with Crippen LogP contribution in [-0.4, -0.2) is 45.9 Å². The number of methoxy groups -OCH3 is 3. The average Bonchev–Trinajstić information content (AvgIpc) is 3.34. The van der Waals surface area contributed by atoms with Crippen LogP contribution >= 0.6 is 0 Å². The summed E-state index contributed by atoms with van der Waals surface area (Å²) in [6.07, 6.45) is 1.96. The summed E-state index contributed by atoms with van der Waals surface area (Å²) in [5, 5.41) is 2.74. The SMILES string of the molecule is COc1cc(C(=O)OCC(=O)NC2CC2)cc(OC)c1OC. The second kappa shape index (κ2) is 7.02. The molecule has 1 aromatic carbocycles. The zero-order valence-electron chi connectivity index (χ0n) is 12.8. The van der Waals surface area contributed by atoms with Crippen molar-refractivity contribution in [1.82, 2.24) is 5.32 Å². The van der Waals surface area contributed by atoms with E-state index in [0.717, 1.165) is 12.8 Å². The van der Waals surface area contributed by atoms with Crippen molar-refractivity contribution in [3.63, 3.8) is 0 Å². The van der Waals surface area contributed by atoms with Gasteiger partial charge in [-0.05, 0) is 25.0 Å². The van der Waals surface area contributed by atoms with Crippen molar-refractivity contribution in [2.45, 2.75) is 18.9 Å². The van der Waals surface area contributed by atoms with Crippen molar-refractivity contribution in [3.05, 3.63) is 17.7 Å². The number of nitrogens with one attached hydrogen (secondary N) is 1. The Morgan fingerprint density at radius 3 is 2.14 bits per heavy atom. The first-order chi connectivity index (χ1) is 10.6. The van der Waals surface area contributed by atoms with E-state index in [1.165, 1.54) is 33.5 Å². The molecule has 0 heterocycles. The second-order valence-electron chi connectivity index (χ2n) is 4.83. The summed E-state index contributed by atoms with van der Waals surface area (Å²) < 4.78 is 20.5. The number of rotatable bonds is 7. The van der Waals surface area contributed by atoms with E-state index in [-0.39, 0.29) is 24.1 Å². The fourth-order valence-electron chi connectivity index (χ4n) is 1.91. The third kappa shape index (κ3) is 3.81. The van der Waals surface area contributed by atoms with Gasteiger partial charge in [0.25, 0.3) is 5.91 Å². The summed E-state index contributed by atoms with van der Waals surface area (Å²) in [7, 11) is 4.38. The average molecular weight is 309 g/mol. The van der Waals surface area contributed by atoms with E-state index >= 15 is 0 Å². The number of hydrogen-bond acceptors (Lipinski definition) is 6. The van der Waals surface area contributed by atoms with Crippen molar-refractivity contribution in [3.8, 4) is 17.2 Å². The third-order valence-electron chi connectivity index (χ3n) is 3.18. The standard InChI is InChI=1S/C15H19NO6/c1-19-11-6-9(7-12(20-2)14(11)21-3)15(18)22-8-13(17)16-10-4-5-10/h6-7,10H,4-5,8H2,1-3H3,(H,16,17). The van der Waals surface area contributed by atoms with Crippen LogP contribution < -0.4 is 19.5 Å². The van der Waals surface area contributed by atoms with Crippen LogP contribution in [0.4, 0.5) is 0 Å². The molecule has 120 valence electrons. The van der Waals surface area contributed by atoms with E-state index in [9.17, 15) is 9.59 Å².